The van der Waals surface area contributed by atoms with Crippen LogP contribution in [0, 0.1) is 11.7 Å². The average molecular weight is 527 g/mol. The molecule has 0 aromatic heterocycles. The molecule has 2 aromatic rings. The minimum absolute atomic E-state index is 0.0531. The fourth-order valence-electron chi connectivity index (χ4n) is 5.38. The molecule has 1 amide bonds. The van der Waals surface area contributed by atoms with Crippen molar-refractivity contribution in [3.63, 3.8) is 0 Å². The first-order chi connectivity index (χ1) is 18.6. The van der Waals surface area contributed by atoms with Crippen molar-refractivity contribution >= 4 is 5.91 Å². The summed E-state index contributed by atoms with van der Waals surface area (Å²) in [7, 11) is 0. The lowest BCUT2D eigenvalue weighted by atomic mass is 9.80. The van der Waals surface area contributed by atoms with E-state index in [0.29, 0.717) is 32.5 Å². The summed E-state index contributed by atoms with van der Waals surface area (Å²) < 4.78 is 36.6. The number of benzene rings is 2. The van der Waals surface area contributed by atoms with E-state index in [9.17, 15) is 14.3 Å². The third-order valence-corrected chi connectivity index (χ3v) is 7.38. The molecule has 0 bridgehead atoms. The molecule has 0 radical (unpaired) electrons. The Kier molecular flexibility index (Phi) is 8.46. The molecule has 0 aliphatic carbocycles. The monoisotopic (exact) mass is 526 g/mol. The van der Waals surface area contributed by atoms with Crippen molar-refractivity contribution < 1.29 is 33.2 Å². The van der Waals surface area contributed by atoms with Crippen molar-refractivity contribution in [3.8, 4) is 11.5 Å². The van der Waals surface area contributed by atoms with Crippen LogP contribution in [0.15, 0.2) is 54.3 Å². The van der Waals surface area contributed by atoms with Gasteiger partial charge in [0.15, 0.2) is 17.3 Å². The zero-order chi connectivity index (χ0) is 26.5. The van der Waals surface area contributed by atoms with Crippen molar-refractivity contribution in [2.45, 2.75) is 38.5 Å². The van der Waals surface area contributed by atoms with E-state index < -0.39 is 6.29 Å². The van der Waals surface area contributed by atoms with E-state index in [1.807, 2.05) is 36.1 Å². The van der Waals surface area contributed by atoms with Crippen LogP contribution in [0.4, 0.5) is 4.39 Å². The van der Waals surface area contributed by atoms with Gasteiger partial charge in [-0.15, -0.1) is 0 Å². The van der Waals surface area contributed by atoms with E-state index >= 15 is 0 Å². The Morgan fingerprint density at radius 2 is 1.84 bits per heavy atom. The maximum Gasteiger partial charge on any atom is 0.288 e. The third-order valence-electron chi connectivity index (χ3n) is 7.38. The molecule has 0 spiro atoms. The van der Waals surface area contributed by atoms with Gasteiger partial charge in [-0.05, 0) is 61.2 Å². The lowest BCUT2D eigenvalue weighted by Crippen LogP contribution is -2.49. The second kappa shape index (κ2) is 12.1. The molecule has 5 rings (SSSR count). The minimum atomic E-state index is -0.627. The van der Waals surface area contributed by atoms with E-state index in [1.165, 1.54) is 12.1 Å². The number of halogens is 1. The highest BCUT2D eigenvalue weighted by Gasteiger charge is 2.39. The van der Waals surface area contributed by atoms with Gasteiger partial charge in [0, 0.05) is 57.8 Å². The highest BCUT2D eigenvalue weighted by Crippen LogP contribution is 2.40. The second-order valence-electron chi connectivity index (χ2n) is 9.84. The maximum absolute atomic E-state index is 13.7. The first-order valence-electron chi connectivity index (χ1n) is 13.3. The van der Waals surface area contributed by atoms with Gasteiger partial charge in [-0.25, -0.2) is 4.39 Å². The van der Waals surface area contributed by atoms with Gasteiger partial charge in [-0.2, -0.15) is 0 Å². The number of carbonyl (C=O) groups excluding carboxylic acids is 1. The van der Waals surface area contributed by atoms with Crippen molar-refractivity contribution in [2.24, 2.45) is 5.92 Å². The number of amides is 1. The molecule has 9 heteroatoms. The number of ether oxygens (including phenoxy) is 4. The van der Waals surface area contributed by atoms with E-state index in [2.05, 4.69) is 4.90 Å². The quantitative estimate of drug-likeness (QED) is 0.534. The predicted octanol–water partition coefficient (Wildman–Crippen LogP) is 3.65. The van der Waals surface area contributed by atoms with Gasteiger partial charge in [-0.1, -0.05) is 18.2 Å². The molecule has 0 saturated carbocycles. The molecule has 0 unspecified atom stereocenters. The zero-order valence-corrected chi connectivity index (χ0v) is 21.7. The Balaban J connectivity index is 1.28. The number of allylic oxidation sites excluding steroid dienone is 1. The van der Waals surface area contributed by atoms with E-state index in [-0.39, 0.29) is 42.7 Å². The Bertz CT molecular complexity index is 1130. The first-order valence-corrected chi connectivity index (χ1v) is 13.3. The van der Waals surface area contributed by atoms with Crippen molar-refractivity contribution in [3.05, 3.63) is 71.2 Å². The summed E-state index contributed by atoms with van der Waals surface area (Å²) >= 11 is 0. The Labute approximate surface area is 222 Å². The molecule has 3 heterocycles. The number of aliphatic hydroxyl groups excluding tert-OH is 1. The molecule has 8 nitrogen and oxygen atoms in total. The van der Waals surface area contributed by atoms with Gasteiger partial charge in [-0.3, -0.25) is 9.69 Å². The number of aliphatic hydroxyl groups is 1. The standard InChI is InChI=1S/C29H35FN2O6/c1-2-35-29-23(4-3-15-33)24(21-6-8-22(30)9-7-21)17-27(38-29)28(34)32-13-11-31(12-14-32)18-20-5-10-25-26(16-20)37-19-36-25/h5-10,16-17,23-24,29,33H,2-4,11-15,18-19H2,1H3/t23-,24-,29-/m1/s1. The van der Waals surface area contributed by atoms with Gasteiger partial charge in [0.1, 0.15) is 5.82 Å². The molecule has 1 saturated heterocycles. The second-order valence-corrected chi connectivity index (χ2v) is 9.84. The molecule has 1 N–H and O–H groups in total. The normalized spacial score (nSPS) is 23.2. The average Bonchev–Trinajstić information content (AvgIpc) is 3.41. The number of fused-ring (bicyclic) bond motifs is 1. The van der Waals surface area contributed by atoms with Gasteiger partial charge in [0.2, 0.25) is 13.1 Å². The third kappa shape index (κ3) is 5.95. The Morgan fingerprint density at radius 3 is 2.58 bits per heavy atom. The van der Waals surface area contributed by atoms with Crippen LogP contribution in [0.2, 0.25) is 0 Å². The number of piperazine rings is 1. The lowest BCUT2D eigenvalue weighted by molar-refractivity contribution is -0.171. The summed E-state index contributed by atoms with van der Waals surface area (Å²) in [5.74, 6) is 1.03. The van der Waals surface area contributed by atoms with E-state index in [1.54, 1.807) is 12.1 Å². The summed E-state index contributed by atoms with van der Waals surface area (Å²) in [6.07, 6.45) is 2.46. The summed E-state index contributed by atoms with van der Waals surface area (Å²) in [4.78, 5) is 17.7. The van der Waals surface area contributed by atoms with Gasteiger partial charge in [0.05, 0.1) is 0 Å². The van der Waals surface area contributed by atoms with Crippen LogP contribution >= 0.6 is 0 Å². The summed E-state index contributed by atoms with van der Waals surface area (Å²) in [5.41, 5.74) is 2.03. The van der Waals surface area contributed by atoms with Crippen LogP contribution in [0.1, 0.15) is 36.8 Å². The van der Waals surface area contributed by atoms with Gasteiger partial charge >= 0.3 is 0 Å². The SMILES string of the molecule is CCO[C@@H]1OC(C(=O)N2CCN(Cc3ccc4c(c3)OCO4)CC2)=C[C@H](c2ccc(F)cc2)[C@H]1CCCO. The molecule has 38 heavy (non-hydrogen) atoms. The van der Waals surface area contributed by atoms with Crippen LogP contribution in [0.25, 0.3) is 0 Å². The van der Waals surface area contributed by atoms with Crippen LogP contribution in [0.5, 0.6) is 11.5 Å². The summed E-state index contributed by atoms with van der Waals surface area (Å²) in [6, 6.07) is 12.3. The number of nitrogens with zero attached hydrogens (tertiary/aromatic N) is 2. The molecule has 3 atom stereocenters. The highest BCUT2D eigenvalue weighted by atomic mass is 19.1. The molecular formula is C29H35FN2O6. The maximum atomic E-state index is 13.7. The number of carbonyl (C=O) groups is 1. The van der Waals surface area contributed by atoms with Crippen LogP contribution in [-0.4, -0.2) is 73.3 Å². The topological polar surface area (TPSA) is 80.7 Å². The minimum Gasteiger partial charge on any atom is -0.459 e. The summed E-state index contributed by atoms with van der Waals surface area (Å²) in [6.45, 7) is 6.03. The highest BCUT2D eigenvalue weighted by molar-refractivity contribution is 5.92. The zero-order valence-electron chi connectivity index (χ0n) is 21.7. The molecular weight excluding hydrogens is 491 g/mol. The number of rotatable bonds is 9. The molecule has 1 fully saturated rings. The Hall–Kier alpha value is -3.14. The molecule has 2 aromatic carbocycles. The smallest absolute Gasteiger partial charge is 0.288 e. The summed E-state index contributed by atoms with van der Waals surface area (Å²) in [5, 5.41) is 9.45. The first kappa shape index (κ1) is 26.5. The number of hydrogen-bond acceptors (Lipinski definition) is 7. The predicted molar refractivity (Wildman–Crippen MR) is 138 cm³/mol. The number of hydrogen-bond donors (Lipinski definition) is 1. The van der Waals surface area contributed by atoms with E-state index in [4.69, 9.17) is 18.9 Å². The van der Waals surface area contributed by atoms with Crippen molar-refractivity contribution in [2.75, 3.05) is 46.2 Å². The van der Waals surface area contributed by atoms with Crippen molar-refractivity contribution in [1.29, 1.82) is 0 Å². The molecule has 3 aliphatic rings. The van der Waals surface area contributed by atoms with Crippen LogP contribution in [0.3, 0.4) is 0 Å². The fraction of sp³-hybridized carbons (Fsp3) is 0.483. The van der Waals surface area contributed by atoms with Crippen LogP contribution in [-0.2, 0) is 20.8 Å². The lowest BCUT2D eigenvalue weighted by Gasteiger charge is -2.39. The van der Waals surface area contributed by atoms with Crippen molar-refractivity contribution in [1.82, 2.24) is 9.80 Å². The van der Waals surface area contributed by atoms with Gasteiger partial charge in [0.25, 0.3) is 5.91 Å². The fourth-order valence-corrected chi connectivity index (χ4v) is 5.38. The van der Waals surface area contributed by atoms with Crippen LogP contribution < -0.4 is 9.47 Å². The van der Waals surface area contributed by atoms with Gasteiger partial charge < -0.3 is 29.0 Å². The largest absolute Gasteiger partial charge is 0.459 e. The van der Waals surface area contributed by atoms with E-state index in [0.717, 1.165) is 42.3 Å². The Morgan fingerprint density at radius 1 is 1.08 bits per heavy atom. The molecule has 3 aliphatic heterocycles. The molecule has 204 valence electrons.